The zero-order valence-corrected chi connectivity index (χ0v) is 21.9. The third-order valence-electron chi connectivity index (χ3n) is 6.04. The second-order valence-electron chi connectivity index (χ2n) is 8.42. The first kappa shape index (κ1) is 26.2. The predicted octanol–water partition coefficient (Wildman–Crippen LogP) is 5.56. The Balaban J connectivity index is 1.51. The van der Waals surface area contributed by atoms with Gasteiger partial charge < -0.3 is 15.4 Å². The largest absolute Gasteiger partial charge is 0.495 e. The summed E-state index contributed by atoms with van der Waals surface area (Å²) in [6.07, 6.45) is 0. The maximum atomic E-state index is 13.1. The highest BCUT2D eigenvalue weighted by molar-refractivity contribution is 7.90. The number of benzene rings is 3. The molecule has 1 aliphatic heterocycles. The lowest BCUT2D eigenvalue weighted by molar-refractivity contribution is -0.0690. The highest BCUT2D eigenvalue weighted by Gasteiger charge is 2.25. The van der Waals surface area contributed by atoms with Gasteiger partial charge in [-0.05, 0) is 47.4 Å². The molecular weight excluding hydrogens is 525 g/mol. The lowest BCUT2D eigenvalue weighted by atomic mass is 10.1. The van der Waals surface area contributed by atoms with Gasteiger partial charge in [0, 0.05) is 19.2 Å². The number of fused-ring (bicyclic) bond motifs is 1. The highest BCUT2D eigenvalue weighted by atomic mass is 35.5. The zero-order chi connectivity index (χ0) is 26.0. The first-order chi connectivity index (χ1) is 17.1. The number of carbonyl (C=O) groups is 1. The molecule has 0 fully saturated rings. The Morgan fingerprint density at radius 3 is 2.64 bits per heavy atom. The van der Waals surface area contributed by atoms with Crippen LogP contribution >= 0.6 is 23.2 Å². The molecule has 2 amide bonds. The van der Waals surface area contributed by atoms with Crippen LogP contribution in [0.3, 0.4) is 0 Å². The van der Waals surface area contributed by atoms with E-state index in [4.69, 9.17) is 27.9 Å². The van der Waals surface area contributed by atoms with Crippen molar-refractivity contribution < 1.29 is 23.2 Å². The molecule has 1 aliphatic rings. The predicted molar refractivity (Wildman–Crippen MR) is 138 cm³/mol. The Labute approximate surface area is 219 Å². The Hall–Kier alpha value is -2.82. The summed E-state index contributed by atoms with van der Waals surface area (Å²) in [6.45, 7) is 3.08. The van der Waals surface area contributed by atoms with Gasteiger partial charge in [-0.3, -0.25) is 5.21 Å². The SMILES string of the molecule is COc1cc(S(=O)(=O)Cc2ccc3c(c2)CNC3)ccc1NC(=O)N(O)C(C)c1cccc(Cl)c1Cl. The van der Waals surface area contributed by atoms with Crippen LogP contribution in [0, 0.1) is 0 Å². The molecule has 1 unspecified atom stereocenters. The van der Waals surface area contributed by atoms with Gasteiger partial charge in [0.25, 0.3) is 0 Å². The van der Waals surface area contributed by atoms with E-state index in [1.165, 1.54) is 30.9 Å². The number of amides is 2. The van der Waals surface area contributed by atoms with Crippen molar-refractivity contribution >= 4 is 44.8 Å². The molecule has 3 aromatic carbocycles. The number of hydrogen-bond acceptors (Lipinski definition) is 6. The fourth-order valence-corrected chi connectivity index (χ4v) is 5.84. The molecule has 0 bridgehead atoms. The lowest BCUT2D eigenvalue weighted by Crippen LogP contribution is -2.34. The van der Waals surface area contributed by atoms with E-state index >= 15 is 0 Å². The number of nitrogens with one attached hydrogen (secondary N) is 2. The van der Waals surface area contributed by atoms with Gasteiger partial charge in [-0.2, -0.15) is 5.06 Å². The van der Waals surface area contributed by atoms with Crippen LogP contribution in [0.15, 0.2) is 59.5 Å². The normalized spacial score (nSPS) is 13.7. The number of anilines is 1. The molecule has 0 spiro atoms. The topological polar surface area (TPSA) is 108 Å². The average molecular weight is 550 g/mol. The number of sulfone groups is 1. The molecule has 3 N–H and O–H groups in total. The van der Waals surface area contributed by atoms with Gasteiger partial charge >= 0.3 is 6.03 Å². The van der Waals surface area contributed by atoms with Crippen LogP contribution in [-0.4, -0.2) is 31.8 Å². The van der Waals surface area contributed by atoms with E-state index < -0.39 is 21.9 Å². The van der Waals surface area contributed by atoms with E-state index in [0.29, 0.717) is 21.2 Å². The Morgan fingerprint density at radius 2 is 1.89 bits per heavy atom. The van der Waals surface area contributed by atoms with E-state index in [1.807, 2.05) is 18.2 Å². The fourth-order valence-electron chi connectivity index (χ4n) is 4.03. The molecule has 1 atom stereocenters. The van der Waals surface area contributed by atoms with Crippen LogP contribution in [-0.2, 0) is 28.7 Å². The quantitative estimate of drug-likeness (QED) is 0.263. The number of rotatable bonds is 7. The van der Waals surface area contributed by atoms with Crippen LogP contribution in [0.4, 0.5) is 10.5 Å². The smallest absolute Gasteiger partial charge is 0.346 e. The minimum absolute atomic E-state index is 0.0518. The van der Waals surface area contributed by atoms with E-state index in [2.05, 4.69) is 10.6 Å². The summed E-state index contributed by atoms with van der Waals surface area (Å²) in [5.74, 6) is -0.0401. The zero-order valence-electron chi connectivity index (χ0n) is 19.6. The average Bonchev–Trinajstić information content (AvgIpc) is 3.32. The summed E-state index contributed by atoms with van der Waals surface area (Å²) in [5, 5.41) is 17.3. The Morgan fingerprint density at radius 1 is 1.14 bits per heavy atom. The summed E-state index contributed by atoms with van der Waals surface area (Å²) >= 11 is 12.2. The van der Waals surface area contributed by atoms with Crippen LogP contribution in [0.1, 0.15) is 35.2 Å². The number of carbonyl (C=O) groups excluding carboxylic acids is 1. The standard InChI is InChI=1S/C25H25Cl2N3O5S/c1-15(20-4-3-5-21(26)24(20)27)30(32)25(31)29-22-9-8-19(11-23(22)35-2)36(33,34)14-16-6-7-17-12-28-13-18(17)10-16/h3-11,15,28,32H,12-14H2,1-2H3,(H,29,31). The number of halogens is 2. The van der Waals surface area contributed by atoms with Crippen molar-refractivity contribution in [2.75, 3.05) is 12.4 Å². The molecule has 8 nitrogen and oxygen atoms in total. The van der Waals surface area contributed by atoms with Crippen molar-refractivity contribution in [1.82, 2.24) is 10.4 Å². The number of methoxy groups -OCH3 is 1. The van der Waals surface area contributed by atoms with Gasteiger partial charge in [0.1, 0.15) is 5.75 Å². The molecule has 3 aromatic rings. The van der Waals surface area contributed by atoms with Crippen LogP contribution in [0.5, 0.6) is 5.75 Å². The number of hydroxylamine groups is 2. The number of ether oxygens (including phenoxy) is 1. The first-order valence-electron chi connectivity index (χ1n) is 11.1. The number of nitrogens with zero attached hydrogens (tertiary/aromatic N) is 1. The van der Waals surface area contributed by atoms with Crippen molar-refractivity contribution in [2.45, 2.75) is 36.7 Å². The fraction of sp³-hybridized carbons (Fsp3) is 0.240. The van der Waals surface area contributed by atoms with Crippen molar-refractivity contribution in [1.29, 1.82) is 0 Å². The second kappa shape index (κ2) is 10.7. The van der Waals surface area contributed by atoms with Gasteiger partial charge in [-0.1, -0.05) is 53.5 Å². The first-order valence-corrected chi connectivity index (χ1v) is 13.5. The maximum absolute atomic E-state index is 13.1. The molecule has 0 radical (unpaired) electrons. The number of hydrogen-bond donors (Lipinski definition) is 3. The van der Waals surface area contributed by atoms with Crippen molar-refractivity contribution in [3.8, 4) is 5.75 Å². The monoisotopic (exact) mass is 549 g/mol. The molecule has 0 saturated carbocycles. The highest BCUT2D eigenvalue weighted by Crippen LogP contribution is 2.33. The Kier molecular flexibility index (Phi) is 7.77. The van der Waals surface area contributed by atoms with Crippen molar-refractivity contribution in [2.24, 2.45) is 0 Å². The molecule has 0 aromatic heterocycles. The van der Waals surface area contributed by atoms with Crippen molar-refractivity contribution in [3.63, 3.8) is 0 Å². The van der Waals surface area contributed by atoms with Gasteiger partial charge in [0.2, 0.25) is 0 Å². The summed E-state index contributed by atoms with van der Waals surface area (Å²) in [7, 11) is -2.32. The number of urea groups is 1. The van der Waals surface area contributed by atoms with Crippen LogP contribution in [0.25, 0.3) is 0 Å². The van der Waals surface area contributed by atoms with Crippen LogP contribution in [0.2, 0.25) is 10.0 Å². The molecular formula is C25H25Cl2N3O5S. The summed E-state index contributed by atoms with van der Waals surface area (Å²) in [6, 6.07) is 13.0. The lowest BCUT2D eigenvalue weighted by Gasteiger charge is -2.24. The molecule has 0 saturated heterocycles. The van der Waals surface area contributed by atoms with Gasteiger partial charge in [-0.25, -0.2) is 13.2 Å². The minimum atomic E-state index is -3.68. The minimum Gasteiger partial charge on any atom is -0.495 e. The maximum Gasteiger partial charge on any atom is 0.346 e. The molecule has 36 heavy (non-hydrogen) atoms. The van der Waals surface area contributed by atoms with Crippen LogP contribution < -0.4 is 15.4 Å². The summed E-state index contributed by atoms with van der Waals surface area (Å²) < 4.78 is 31.5. The van der Waals surface area contributed by atoms with Crippen molar-refractivity contribution in [3.05, 3.63) is 86.9 Å². The molecule has 0 aliphatic carbocycles. The van der Waals surface area contributed by atoms with Gasteiger partial charge in [0.05, 0.1) is 39.5 Å². The van der Waals surface area contributed by atoms with E-state index in [0.717, 1.165) is 18.7 Å². The molecule has 4 rings (SSSR count). The second-order valence-corrected chi connectivity index (χ2v) is 11.2. The van der Waals surface area contributed by atoms with E-state index in [-0.39, 0.29) is 27.1 Å². The molecule has 190 valence electrons. The van der Waals surface area contributed by atoms with Gasteiger partial charge in [-0.15, -0.1) is 0 Å². The summed E-state index contributed by atoms with van der Waals surface area (Å²) in [4.78, 5) is 12.8. The van der Waals surface area contributed by atoms with E-state index in [1.54, 1.807) is 25.1 Å². The summed E-state index contributed by atoms with van der Waals surface area (Å²) in [5.41, 5.74) is 3.60. The Bertz CT molecular complexity index is 1410. The molecule has 1 heterocycles. The molecule has 11 heteroatoms. The third kappa shape index (κ3) is 5.45. The van der Waals surface area contributed by atoms with E-state index in [9.17, 15) is 18.4 Å². The van der Waals surface area contributed by atoms with Gasteiger partial charge in [0.15, 0.2) is 9.84 Å². The third-order valence-corrected chi connectivity index (χ3v) is 8.56.